The highest BCUT2D eigenvalue weighted by Crippen LogP contribution is 2.34. The van der Waals surface area contributed by atoms with Crippen LogP contribution in [0.4, 0.5) is 4.79 Å². The molecule has 3 heterocycles. The summed E-state index contributed by atoms with van der Waals surface area (Å²) in [7, 11) is 0. The Morgan fingerprint density at radius 1 is 1.19 bits per heavy atom. The first-order valence-corrected chi connectivity index (χ1v) is 12.6. The minimum Gasteiger partial charge on any atom is -0.336 e. The van der Waals surface area contributed by atoms with Crippen LogP contribution in [0.5, 0.6) is 0 Å². The number of imide groups is 1. The average molecular weight is 499 g/mol. The number of thioether (sulfide) groups is 1. The summed E-state index contributed by atoms with van der Waals surface area (Å²) in [6, 6.07) is 17.9. The summed E-state index contributed by atoms with van der Waals surface area (Å²) in [6.45, 7) is 9.05. The summed E-state index contributed by atoms with van der Waals surface area (Å²) in [4.78, 5) is 31.0. The van der Waals surface area contributed by atoms with E-state index < -0.39 is 5.25 Å². The minimum absolute atomic E-state index is 0.249. The van der Waals surface area contributed by atoms with Crippen LogP contribution in [0.1, 0.15) is 12.5 Å². The van der Waals surface area contributed by atoms with Gasteiger partial charge in [0.25, 0.3) is 0 Å². The molecular weight excluding hydrogens is 472 g/mol. The Bertz CT molecular complexity index is 1460. The maximum absolute atomic E-state index is 12.9. The summed E-state index contributed by atoms with van der Waals surface area (Å²) in [6.07, 6.45) is 1.78. The molecule has 3 amide bonds. The lowest BCUT2D eigenvalue weighted by atomic mass is 10.0. The second kappa shape index (κ2) is 9.94. The van der Waals surface area contributed by atoms with Gasteiger partial charge in [0.15, 0.2) is 11.0 Å². The Morgan fingerprint density at radius 3 is 2.69 bits per heavy atom. The van der Waals surface area contributed by atoms with Crippen molar-refractivity contribution in [3.8, 4) is 22.6 Å². The fourth-order valence-electron chi connectivity index (χ4n) is 4.21. The first kappa shape index (κ1) is 23.7. The Labute approximate surface area is 213 Å². The molecule has 0 bridgehead atoms. The van der Waals surface area contributed by atoms with Crippen molar-refractivity contribution in [3.63, 3.8) is 0 Å². The average Bonchev–Trinajstić information content (AvgIpc) is 3.49. The van der Waals surface area contributed by atoms with Gasteiger partial charge in [-0.3, -0.25) is 14.3 Å². The molecule has 1 aliphatic heterocycles. The largest absolute Gasteiger partial charge is 0.336 e. The first-order valence-electron chi connectivity index (χ1n) is 11.7. The van der Waals surface area contributed by atoms with E-state index in [2.05, 4.69) is 53.3 Å². The van der Waals surface area contributed by atoms with E-state index in [1.165, 1.54) is 22.2 Å². The number of allylic oxidation sites excluding steroid dienone is 1. The van der Waals surface area contributed by atoms with Gasteiger partial charge in [-0.05, 0) is 26.0 Å². The number of hydrogen-bond acceptors (Lipinski definition) is 6. The third-order valence-electron chi connectivity index (χ3n) is 6.09. The van der Waals surface area contributed by atoms with Crippen molar-refractivity contribution < 1.29 is 9.59 Å². The molecule has 0 radical (unpaired) electrons. The zero-order valence-electron chi connectivity index (χ0n) is 20.1. The van der Waals surface area contributed by atoms with Crippen LogP contribution in [0.2, 0.25) is 0 Å². The SMILES string of the molecule is C=CCn1c(SC(C)C(=O)N2CCNC2=O)nnc1-c1cc(-c2ccc(C)cc2)nc2ccccc12. The van der Waals surface area contributed by atoms with Gasteiger partial charge in [-0.2, -0.15) is 0 Å². The van der Waals surface area contributed by atoms with Crippen LogP contribution in [-0.4, -0.2) is 54.9 Å². The van der Waals surface area contributed by atoms with Crippen molar-refractivity contribution in [2.24, 2.45) is 0 Å². The standard InChI is InChI=1S/C27H26N6O2S/c1-4-14-32-24(30-31-27(32)36-18(3)25(34)33-15-13-28-26(33)35)21-16-23(19-11-9-17(2)10-12-19)29-22-8-6-5-7-20(21)22/h4-12,16,18H,1,13-15H2,2-3H3,(H,28,35). The molecule has 0 saturated carbocycles. The van der Waals surface area contributed by atoms with Crippen molar-refractivity contribution in [1.29, 1.82) is 0 Å². The van der Waals surface area contributed by atoms with E-state index >= 15 is 0 Å². The molecule has 1 atom stereocenters. The summed E-state index contributed by atoms with van der Waals surface area (Å²) in [5.74, 6) is 0.420. The number of nitrogens with one attached hydrogen (secondary N) is 1. The first-order chi connectivity index (χ1) is 17.5. The molecule has 0 spiro atoms. The lowest BCUT2D eigenvalue weighted by Gasteiger charge is -2.17. The van der Waals surface area contributed by atoms with Crippen molar-refractivity contribution in [1.82, 2.24) is 30.0 Å². The van der Waals surface area contributed by atoms with Crippen LogP contribution in [0.25, 0.3) is 33.5 Å². The number of urea groups is 1. The van der Waals surface area contributed by atoms with Gasteiger partial charge in [0, 0.05) is 36.1 Å². The number of aryl methyl sites for hydroxylation is 1. The van der Waals surface area contributed by atoms with E-state index in [-0.39, 0.29) is 11.9 Å². The third kappa shape index (κ3) is 4.49. The number of carbonyl (C=O) groups excluding carboxylic acids is 2. The Balaban J connectivity index is 1.56. The normalized spacial score (nSPS) is 14.2. The van der Waals surface area contributed by atoms with Crippen molar-refractivity contribution in [2.75, 3.05) is 13.1 Å². The minimum atomic E-state index is -0.508. The fraction of sp³-hybridized carbons (Fsp3) is 0.222. The van der Waals surface area contributed by atoms with E-state index in [4.69, 9.17) is 4.98 Å². The molecule has 36 heavy (non-hydrogen) atoms. The van der Waals surface area contributed by atoms with Crippen LogP contribution in [0.15, 0.2) is 72.4 Å². The lowest BCUT2D eigenvalue weighted by Crippen LogP contribution is -2.39. The van der Waals surface area contributed by atoms with E-state index in [9.17, 15) is 9.59 Å². The topological polar surface area (TPSA) is 93.0 Å². The third-order valence-corrected chi connectivity index (χ3v) is 7.15. The molecule has 5 rings (SSSR count). The highest BCUT2D eigenvalue weighted by Gasteiger charge is 2.31. The van der Waals surface area contributed by atoms with Gasteiger partial charge in [0.1, 0.15) is 0 Å². The lowest BCUT2D eigenvalue weighted by molar-refractivity contribution is -0.126. The Hall–Kier alpha value is -3.98. The van der Waals surface area contributed by atoms with E-state index in [1.54, 1.807) is 13.0 Å². The number of carbonyl (C=O) groups is 2. The fourth-order valence-corrected chi connectivity index (χ4v) is 5.13. The van der Waals surface area contributed by atoms with E-state index in [1.807, 2.05) is 34.9 Å². The Morgan fingerprint density at radius 2 is 1.97 bits per heavy atom. The quantitative estimate of drug-likeness (QED) is 0.294. The van der Waals surface area contributed by atoms with Crippen molar-refractivity contribution in [3.05, 3.63) is 72.8 Å². The zero-order valence-corrected chi connectivity index (χ0v) is 21.0. The molecule has 1 fully saturated rings. The summed E-state index contributed by atoms with van der Waals surface area (Å²) >= 11 is 1.28. The summed E-state index contributed by atoms with van der Waals surface area (Å²) in [5, 5.41) is 12.7. The molecule has 1 N–H and O–H groups in total. The number of benzene rings is 2. The monoisotopic (exact) mass is 498 g/mol. The molecule has 182 valence electrons. The van der Waals surface area contributed by atoms with Crippen LogP contribution in [0.3, 0.4) is 0 Å². The van der Waals surface area contributed by atoms with E-state index in [0.29, 0.717) is 30.6 Å². The molecule has 0 aliphatic carbocycles. The number of para-hydroxylation sites is 1. The van der Waals surface area contributed by atoms with Gasteiger partial charge in [0.05, 0.1) is 16.5 Å². The Kier molecular flexibility index (Phi) is 6.56. The number of nitrogens with zero attached hydrogens (tertiary/aromatic N) is 5. The second-order valence-electron chi connectivity index (χ2n) is 8.63. The molecule has 2 aromatic heterocycles. The summed E-state index contributed by atoms with van der Waals surface area (Å²) < 4.78 is 1.95. The number of aromatic nitrogens is 4. The molecule has 1 saturated heterocycles. The van der Waals surface area contributed by atoms with Gasteiger partial charge in [-0.15, -0.1) is 16.8 Å². The number of pyridine rings is 1. The zero-order chi connectivity index (χ0) is 25.2. The van der Waals surface area contributed by atoms with Crippen LogP contribution < -0.4 is 5.32 Å². The molecule has 8 nitrogen and oxygen atoms in total. The molecule has 9 heteroatoms. The number of amides is 3. The van der Waals surface area contributed by atoms with Gasteiger partial charge in [-0.25, -0.2) is 9.78 Å². The molecular formula is C27H26N6O2S. The van der Waals surface area contributed by atoms with E-state index in [0.717, 1.165) is 27.7 Å². The van der Waals surface area contributed by atoms with Gasteiger partial charge >= 0.3 is 6.03 Å². The second-order valence-corrected chi connectivity index (χ2v) is 9.93. The van der Waals surface area contributed by atoms with Crippen molar-refractivity contribution in [2.45, 2.75) is 30.8 Å². The van der Waals surface area contributed by atoms with Crippen LogP contribution >= 0.6 is 11.8 Å². The van der Waals surface area contributed by atoms with Crippen LogP contribution in [-0.2, 0) is 11.3 Å². The molecule has 1 unspecified atom stereocenters. The van der Waals surface area contributed by atoms with Crippen LogP contribution in [0, 0.1) is 6.92 Å². The number of hydrogen-bond donors (Lipinski definition) is 1. The number of fused-ring (bicyclic) bond motifs is 1. The maximum Gasteiger partial charge on any atom is 0.324 e. The highest BCUT2D eigenvalue weighted by atomic mass is 32.2. The molecule has 1 aliphatic rings. The predicted molar refractivity (Wildman–Crippen MR) is 142 cm³/mol. The molecule has 4 aromatic rings. The molecule has 2 aromatic carbocycles. The maximum atomic E-state index is 12.9. The van der Waals surface area contributed by atoms with Crippen molar-refractivity contribution >= 4 is 34.6 Å². The van der Waals surface area contributed by atoms with Gasteiger partial charge in [-0.1, -0.05) is 65.9 Å². The highest BCUT2D eigenvalue weighted by molar-refractivity contribution is 8.00. The van der Waals surface area contributed by atoms with Gasteiger partial charge in [0.2, 0.25) is 5.91 Å². The smallest absolute Gasteiger partial charge is 0.324 e. The van der Waals surface area contributed by atoms with Gasteiger partial charge < -0.3 is 5.32 Å². The predicted octanol–water partition coefficient (Wildman–Crippen LogP) is 4.69. The summed E-state index contributed by atoms with van der Waals surface area (Å²) in [5.41, 5.74) is 4.80. The number of rotatable bonds is 7.